The van der Waals surface area contributed by atoms with Crippen LogP contribution >= 0.6 is 0 Å². The van der Waals surface area contributed by atoms with Crippen LogP contribution in [0.15, 0.2) is 42.6 Å². The first-order chi connectivity index (χ1) is 9.99. The molecule has 0 atom stereocenters. The molecule has 6 nitrogen and oxygen atoms in total. The van der Waals surface area contributed by atoms with Crippen molar-refractivity contribution in [1.29, 1.82) is 0 Å². The van der Waals surface area contributed by atoms with E-state index in [4.69, 9.17) is 5.11 Å². The fourth-order valence-electron chi connectivity index (χ4n) is 1.80. The van der Waals surface area contributed by atoms with Crippen LogP contribution < -0.4 is 10.2 Å². The van der Waals surface area contributed by atoms with Gasteiger partial charge < -0.3 is 15.3 Å². The summed E-state index contributed by atoms with van der Waals surface area (Å²) >= 11 is 0. The number of benzene rings is 1. The lowest BCUT2D eigenvalue weighted by molar-refractivity contribution is 0.0686. The Kier molecular flexibility index (Phi) is 4.18. The highest BCUT2D eigenvalue weighted by atomic mass is 16.4. The van der Waals surface area contributed by atoms with Gasteiger partial charge in [0.05, 0.1) is 5.56 Å². The fraction of sp³-hybridized carbons (Fsp3) is 0.133. The van der Waals surface area contributed by atoms with Crippen molar-refractivity contribution in [2.45, 2.75) is 0 Å². The van der Waals surface area contributed by atoms with E-state index in [1.807, 2.05) is 31.1 Å². The number of anilines is 2. The minimum Gasteiger partial charge on any atom is -0.476 e. The maximum atomic E-state index is 12.1. The van der Waals surface area contributed by atoms with E-state index >= 15 is 0 Å². The second kappa shape index (κ2) is 6.04. The van der Waals surface area contributed by atoms with E-state index in [2.05, 4.69) is 10.3 Å². The van der Waals surface area contributed by atoms with Gasteiger partial charge in [0.1, 0.15) is 0 Å². The Morgan fingerprint density at radius 2 is 1.81 bits per heavy atom. The lowest BCUT2D eigenvalue weighted by Crippen LogP contribution is -2.17. The molecule has 1 aromatic heterocycles. The number of hydrogen-bond donors (Lipinski definition) is 2. The van der Waals surface area contributed by atoms with E-state index in [0.29, 0.717) is 5.69 Å². The maximum absolute atomic E-state index is 12.1. The predicted molar refractivity (Wildman–Crippen MR) is 79.9 cm³/mol. The molecule has 0 aliphatic rings. The molecular weight excluding hydrogens is 270 g/mol. The highest BCUT2D eigenvalue weighted by Crippen LogP contribution is 2.17. The molecule has 0 aliphatic heterocycles. The molecule has 21 heavy (non-hydrogen) atoms. The summed E-state index contributed by atoms with van der Waals surface area (Å²) in [5.74, 6) is -1.73. The van der Waals surface area contributed by atoms with E-state index in [9.17, 15) is 9.59 Å². The van der Waals surface area contributed by atoms with Crippen molar-refractivity contribution in [3.8, 4) is 0 Å². The van der Waals surface area contributed by atoms with E-state index in [1.54, 1.807) is 12.1 Å². The SMILES string of the molecule is CN(C)c1ccc(NC(=O)c2cccnc2C(=O)O)cc1. The molecule has 2 aromatic rings. The smallest absolute Gasteiger partial charge is 0.355 e. The molecule has 2 rings (SSSR count). The molecule has 6 heteroatoms. The molecule has 0 aliphatic carbocycles. The average molecular weight is 285 g/mol. The van der Waals surface area contributed by atoms with Crippen LogP contribution in [0.2, 0.25) is 0 Å². The van der Waals surface area contributed by atoms with Gasteiger partial charge in [0.25, 0.3) is 5.91 Å². The summed E-state index contributed by atoms with van der Waals surface area (Å²) in [7, 11) is 3.84. The lowest BCUT2D eigenvalue weighted by Gasteiger charge is -2.13. The number of nitrogens with zero attached hydrogens (tertiary/aromatic N) is 2. The molecule has 0 saturated carbocycles. The third-order valence-electron chi connectivity index (χ3n) is 2.90. The number of carboxylic acids is 1. The summed E-state index contributed by atoms with van der Waals surface area (Å²) < 4.78 is 0. The van der Waals surface area contributed by atoms with Gasteiger partial charge in [-0.3, -0.25) is 4.79 Å². The van der Waals surface area contributed by atoms with Crippen LogP contribution in [-0.2, 0) is 0 Å². The summed E-state index contributed by atoms with van der Waals surface area (Å²) in [4.78, 5) is 28.8. The van der Waals surface area contributed by atoms with Crippen molar-refractivity contribution in [3.05, 3.63) is 53.9 Å². The predicted octanol–water partition coefficient (Wildman–Crippen LogP) is 2.10. The van der Waals surface area contributed by atoms with Gasteiger partial charge in [-0.05, 0) is 36.4 Å². The second-order valence-corrected chi connectivity index (χ2v) is 4.60. The maximum Gasteiger partial charge on any atom is 0.355 e. The van der Waals surface area contributed by atoms with Crippen molar-refractivity contribution in [3.63, 3.8) is 0 Å². The standard InChI is InChI=1S/C15H15N3O3/c1-18(2)11-7-5-10(6-8-11)17-14(19)12-4-3-9-16-13(12)15(20)21/h3-9H,1-2H3,(H,17,19)(H,20,21). The monoisotopic (exact) mass is 285 g/mol. The van der Waals surface area contributed by atoms with Gasteiger partial charge in [0, 0.05) is 31.7 Å². The van der Waals surface area contributed by atoms with Crippen LogP contribution in [0.25, 0.3) is 0 Å². The average Bonchev–Trinajstić information content (AvgIpc) is 2.47. The van der Waals surface area contributed by atoms with E-state index in [1.165, 1.54) is 18.3 Å². The number of nitrogens with one attached hydrogen (secondary N) is 1. The summed E-state index contributed by atoms with van der Waals surface area (Å²) in [6.07, 6.45) is 1.34. The van der Waals surface area contributed by atoms with E-state index in [0.717, 1.165) is 5.69 Å². The molecular formula is C15H15N3O3. The molecule has 1 heterocycles. The van der Waals surface area contributed by atoms with Crippen LogP contribution in [0.4, 0.5) is 11.4 Å². The first-order valence-electron chi connectivity index (χ1n) is 6.26. The van der Waals surface area contributed by atoms with Crippen molar-refractivity contribution < 1.29 is 14.7 Å². The number of amides is 1. The highest BCUT2D eigenvalue weighted by molar-refractivity contribution is 6.09. The molecule has 0 fully saturated rings. The summed E-state index contributed by atoms with van der Waals surface area (Å²) in [5, 5.41) is 11.7. The molecule has 0 radical (unpaired) electrons. The van der Waals surface area contributed by atoms with Crippen LogP contribution in [0, 0.1) is 0 Å². The molecule has 2 N–H and O–H groups in total. The minimum atomic E-state index is -1.23. The number of rotatable bonds is 4. The zero-order valence-corrected chi connectivity index (χ0v) is 11.7. The molecule has 108 valence electrons. The molecule has 0 bridgehead atoms. The summed E-state index contributed by atoms with van der Waals surface area (Å²) in [5.41, 5.74) is 1.35. The lowest BCUT2D eigenvalue weighted by atomic mass is 10.1. The van der Waals surface area contributed by atoms with Gasteiger partial charge in [0.15, 0.2) is 5.69 Å². The second-order valence-electron chi connectivity index (χ2n) is 4.60. The Morgan fingerprint density at radius 1 is 1.14 bits per heavy atom. The van der Waals surface area contributed by atoms with Gasteiger partial charge in [-0.1, -0.05) is 0 Å². The number of carbonyl (C=O) groups excluding carboxylic acids is 1. The fourth-order valence-corrected chi connectivity index (χ4v) is 1.80. The van der Waals surface area contributed by atoms with Crippen molar-refractivity contribution in [2.24, 2.45) is 0 Å². The Bertz CT molecular complexity index is 666. The van der Waals surface area contributed by atoms with Crippen LogP contribution in [0.5, 0.6) is 0 Å². The van der Waals surface area contributed by atoms with Crippen molar-refractivity contribution >= 4 is 23.3 Å². The Balaban J connectivity index is 2.20. The van der Waals surface area contributed by atoms with Crippen molar-refractivity contribution in [1.82, 2.24) is 4.98 Å². The topological polar surface area (TPSA) is 82.5 Å². The Hall–Kier alpha value is -2.89. The van der Waals surface area contributed by atoms with Gasteiger partial charge in [0.2, 0.25) is 0 Å². The molecule has 0 unspecified atom stereocenters. The first-order valence-corrected chi connectivity index (χ1v) is 6.26. The van der Waals surface area contributed by atoms with Gasteiger partial charge in [-0.2, -0.15) is 0 Å². The van der Waals surface area contributed by atoms with E-state index < -0.39 is 11.9 Å². The Labute approximate surface area is 122 Å². The number of aromatic carboxylic acids is 1. The Morgan fingerprint density at radius 3 is 2.38 bits per heavy atom. The minimum absolute atomic E-state index is 0.0293. The van der Waals surface area contributed by atoms with Crippen molar-refractivity contribution in [2.75, 3.05) is 24.3 Å². The zero-order valence-electron chi connectivity index (χ0n) is 11.7. The summed E-state index contributed by atoms with van der Waals surface area (Å²) in [6.45, 7) is 0. The number of pyridine rings is 1. The van der Waals surface area contributed by atoms with Gasteiger partial charge in [-0.25, -0.2) is 9.78 Å². The highest BCUT2D eigenvalue weighted by Gasteiger charge is 2.17. The summed E-state index contributed by atoms with van der Waals surface area (Å²) in [6, 6.07) is 10.2. The largest absolute Gasteiger partial charge is 0.476 e. The number of carboxylic acid groups (broad SMARTS) is 1. The number of aromatic nitrogens is 1. The normalized spacial score (nSPS) is 10.0. The van der Waals surface area contributed by atoms with E-state index in [-0.39, 0.29) is 11.3 Å². The zero-order chi connectivity index (χ0) is 15.4. The third kappa shape index (κ3) is 3.36. The van der Waals surface area contributed by atoms with Gasteiger partial charge >= 0.3 is 5.97 Å². The first kappa shape index (κ1) is 14.5. The molecule has 0 saturated heterocycles. The quantitative estimate of drug-likeness (QED) is 0.899. The number of hydrogen-bond acceptors (Lipinski definition) is 4. The third-order valence-corrected chi connectivity index (χ3v) is 2.90. The van der Waals surface area contributed by atoms with Gasteiger partial charge in [-0.15, -0.1) is 0 Å². The molecule has 1 aromatic carbocycles. The molecule has 0 spiro atoms. The molecule has 1 amide bonds. The number of carbonyl (C=O) groups is 2. The van der Waals surface area contributed by atoms with Crippen LogP contribution in [0.3, 0.4) is 0 Å². The van der Waals surface area contributed by atoms with Crippen LogP contribution in [-0.4, -0.2) is 36.1 Å². The van der Waals surface area contributed by atoms with Crippen LogP contribution in [0.1, 0.15) is 20.8 Å².